The highest BCUT2D eigenvalue weighted by Crippen LogP contribution is 2.30. The highest BCUT2D eigenvalue weighted by molar-refractivity contribution is 6.24. The van der Waals surface area contributed by atoms with Gasteiger partial charge >= 0.3 is 0 Å². The van der Waals surface area contributed by atoms with Crippen molar-refractivity contribution in [3.8, 4) is 11.5 Å². The number of nitrogens with two attached hydrogens (primary N) is 1. The number of aromatic nitrogens is 2. The number of amides is 1. The number of benzene rings is 1. The first-order chi connectivity index (χ1) is 11.1. The van der Waals surface area contributed by atoms with E-state index < -0.39 is 5.91 Å². The number of H-pyrrole nitrogens is 1. The number of ether oxygens (including phenoxy) is 1. The summed E-state index contributed by atoms with van der Waals surface area (Å²) in [5.41, 5.74) is 7.92. The largest absolute Gasteiger partial charge is 0.504 e. The van der Waals surface area contributed by atoms with Crippen molar-refractivity contribution in [3.63, 3.8) is 0 Å². The topological polar surface area (TPSA) is 101 Å². The number of nitrogens with zero attached hydrogens (tertiary/aromatic N) is 1. The number of aromatic amines is 1. The number of primary amides is 1. The molecule has 116 valence electrons. The molecule has 2 aromatic heterocycles. The van der Waals surface area contributed by atoms with E-state index in [0.717, 1.165) is 16.6 Å². The van der Waals surface area contributed by atoms with Crippen molar-refractivity contribution in [2.75, 3.05) is 7.11 Å². The SMILES string of the molecule is COc1cc(/C(=C/c2c[nH]c3ncccc23)C(N)=O)ccc1O. The maximum absolute atomic E-state index is 11.9. The Labute approximate surface area is 132 Å². The van der Waals surface area contributed by atoms with Gasteiger partial charge in [0.2, 0.25) is 5.91 Å². The van der Waals surface area contributed by atoms with Crippen LogP contribution in [0.15, 0.2) is 42.7 Å². The zero-order chi connectivity index (χ0) is 16.4. The Morgan fingerprint density at radius 1 is 1.39 bits per heavy atom. The molecule has 0 saturated carbocycles. The van der Waals surface area contributed by atoms with Crippen LogP contribution in [0.4, 0.5) is 0 Å². The first-order valence-corrected chi connectivity index (χ1v) is 6.91. The third kappa shape index (κ3) is 2.74. The lowest BCUT2D eigenvalue weighted by Gasteiger charge is -2.08. The summed E-state index contributed by atoms with van der Waals surface area (Å²) in [5.74, 6) is -0.303. The molecule has 0 spiro atoms. The van der Waals surface area contributed by atoms with Crippen LogP contribution in [0.2, 0.25) is 0 Å². The molecule has 0 atom stereocenters. The van der Waals surface area contributed by atoms with Crippen molar-refractivity contribution in [3.05, 3.63) is 53.9 Å². The highest BCUT2D eigenvalue weighted by atomic mass is 16.5. The van der Waals surface area contributed by atoms with Gasteiger partial charge in [0, 0.05) is 28.9 Å². The number of phenols is 1. The molecule has 0 unspecified atom stereocenters. The second-order valence-electron chi connectivity index (χ2n) is 4.95. The van der Waals surface area contributed by atoms with Crippen molar-refractivity contribution in [1.29, 1.82) is 0 Å². The summed E-state index contributed by atoms with van der Waals surface area (Å²) < 4.78 is 5.08. The first kappa shape index (κ1) is 14.6. The molecule has 0 radical (unpaired) electrons. The van der Waals surface area contributed by atoms with Crippen LogP contribution in [0.1, 0.15) is 11.1 Å². The Morgan fingerprint density at radius 3 is 2.96 bits per heavy atom. The lowest BCUT2D eigenvalue weighted by Crippen LogP contribution is -2.12. The standard InChI is InChI=1S/C17H15N3O3/c1-23-15-8-10(4-5-14(15)21)13(16(18)22)7-11-9-20-17-12(11)3-2-6-19-17/h2-9,21H,1H3,(H2,18,22)(H,19,20)/b13-7-. The number of pyridine rings is 1. The third-order valence-electron chi connectivity index (χ3n) is 3.54. The molecule has 4 N–H and O–H groups in total. The molecule has 0 aliphatic heterocycles. The van der Waals surface area contributed by atoms with E-state index in [2.05, 4.69) is 9.97 Å². The van der Waals surface area contributed by atoms with Crippen molar-refractivity contribution in [1.82, 2.24) is 9.97 Å². The van der Waals surface area contributed by atoms with Crippen LogP contribution < -0.4 is 10.5 Å². The van der Waals surface area contributed by atoms with Gasteiger partial charge in [-0.2, -0.15) is 0 Å². The predicted molar refractivity (Wildman–Crippen MR) is 87.8 cm³/mol. The molecule has 6 heteroatoms. The number of methoxy groups -OCH3 is 1. The van der Waals surface area contributed by atoms with Crippen molar-refractivity contribution in [2.45, 2.75) is 0 Å². The molecule has 1 aromatic carbocycles. The number of rotatable bonds is 4. The van der Waals surface area contributed by atoms with Gasteiger partial charge in [0.25, 0.3) is 0 Å². The molecule has 6 nitrogen and oxygen atoms in total. The molecule has 0 saturated heterocycles. The maximum atomic E-state index is 11.9. The Kier molecular flexibility index (Phi) is 3.72. The third-order valence-corrected chi connectivity index (χ3v) is 3.54. The fraction of sp³-hybridized carbons (Fsp3) is 0.0588. The quantitative estimate of drug-likeness (QED) is 0.644. The van der Waals surface area contributed by atoms with Crippen LogP contribution in [-0.4, -0.2) is 28.1 Å². The number of nitrogens with one attached hydrogen (secondary N) is 1. The van der Waals surface area contributed by atoms with E-state index >= 15 is 0 Å². The smallest absolute Gasteiger partial charge is 0.249 e. The van der Waals surface area contributed by atoms with Crippen LogP contribution in [0.5, 0.6) is 11.5 Å². The van der Waals surface area contributed by atoms with Crippen molar-refractivity contribution < 1.29 is 14.6 Å². The number of fused-ring (bicyclic) bond motifs is 1. The highest BCUT2D eigenvalue weighted by Gasteiger charge is 2.13. The molecule has 2 heterocycles. The molecule has 1 amide bonds. The number of aromatic hydroxyl groups is 1. The Hall–Kier alpha value is -3.28. The fourth-order valence-corrected chi connectivity index (χ4v) is 2.39. The molecule has 23 heavy (non-hydrogen) atoms. The summed E-state index contributed by atoms with van der Waals surface area (Å²) in [6.07, 6.45) is 5.14. The Bertz CT molecular complexity index is 912. The zero-order valence-corrected chi connectivity index (χ0v) is 12.4. The lowest BCUT2D eigenvalue weighted by molar-refractivity contribution is -0.112. The van der Waals surface area contributed by atoms with Crippen LogP contribution in [0.3, 0.4) is 0 Å². The van der Waals surface area contributed by atoms with Gasteiger partial charge in [-0.25, -0.2) is 4.98 Å². The van der Waals surface area contributed by atoms with E-state index in [-0.39, 0.29) is 11.5 Å². The number of carbonyl (C=O) groups excluding carboxylic acids is 1. The summed E-state index contributed by atoms with van der Waals surface area (Å²) >= 11 is 0. The van der Waals surface area contributed by atoms with Crippen molar-refractivity contribution in [2.24, 2.45) is 5.73 Å². The minimum Gasteiger partial charge on any atom is -0.504 e. The Morgan fingerprint density at radius 2 is 2.22 bits per heavy atom. The Balaban J connectivity index is 2.14. The van der Waals surface area contributed by atoms with Gasteiger partial charge in [-0.05, 0) is 35.9 Å². The van der Waals surface area contributed by atoms with E-state index in [4.69, 9.17) is 10.5 Å². The predicted octanol–water partition coefficient (Wildman–Crippen LogP) is 2.30. The summed E-state index contributed by atoms with van der Waals surface area (Å²) in [6.45, 7) is 0. The normalized spacial score (nSPS) is 11.6. The summed E-state index contributed by atoms with van der Waals surface area (Å²) in [7, 11) is 1.44. The van der Waals surface area contributed by atoms with E-state index in [0.29, 0.717) is 11.1 Å². The second-order valence-corrected chi connectivity index (χ2v) is 4.95. The number of hydrogen-bond donors (Lipinski definition) is 3. The average Bonchev–Trinajstić information content (AvgIpc) is 2.96. The molecule has 3 aromatic rings. The molecule has 0 aliphatic rings. The van der Waals surface area contributed by atoms with E-state index in [1.807, 2.05) is 12.1 Å². The van der Waals surface area contributed by atoms with Gasteiger partial charge in [0.1, 0.15) is 5.65 Å². The zero-order valence-electron chi connectivity index (χ0n) is 12.4. The van der Waals surface area contributed by atoms with Crippen LogP contribution in [-0.2, 0) is 4.79 Å². The van der Waals surface area contributed by atoms with Gasteiger partial charge in [-0.3, -0.25) is 4.79 Å². The van der Waals surface area contributed by atoms with Gasteiger partial charge in [-0.15, -0.1) is 0 Å². The van der Waals surface area contributed by atoms with Gasteiger partial charge < -0.3 is 20.6 Å². The van der Waals surface area contributed by atoms with Gasteiger partial charge in [-0.1, -0.05) is 6.07 Å². The monoisotopic (exact) mass is 309 g/mol. The molecule has 0 aliphatic carbocycles. The van der Waals surface area contributed by atoms with Gasteiger partial charge in [0.15, 0.2) is 11.5 Å². The molecule has 0 bridgehead atoms. The van der Waals surface area contributed by atoms with E-state index in [9.17, 15) is 9.90 Å². The minimum absolute atomic E-state index is 0.00337. The lowest BCUT2D eigenvalue weighted by atomic mass is 10.0. The average molecular weight is 309 g/mol. The summed E-state index contributed by atoms with van der Waals surface area (Å²) in [5, 5.41) is 10.6. The van der Waals surface area contributed by atoms with Crippen LogP contribution >= 0.6 is 0 Å². The number of phenolic OH excluding ortho intramolecular Hbond substituents is 1. The first-order valence-electron chi connectivity index (χ1n) is 6.91. The van der Waals surface area contributed by atoms with Gasteiger partial charge in [0.05, 0.1) is 7.11 Å². The van der Waals surface area contributed by atoms with Crippen LogP contribution in [0, 0.1) is 0 Å². The van der Waals surface area contributed by atoms with E-state index in [1.165, 1.54) is 13.2 Å². The van der Waals surface area contributed by atoms with Crippen LogP contribution in [0.25, 0.3) is 22.7 Å². The van der Waals surface area contributed by atoms with E-state index in [1.54, 1.807) is 30.6 Å². The summed E-state index contributed by atoms with van der Waals surface area (Å²) in [4.78, 5) is 19.1. The molecular formula is C17H15N3O3. The summed E-state index contributed by atoms with van der Waals surface area (Å²) in [6, 6.07) is 8.37. The number of hydrogen-bond acceptors (Lipinski definition) is 4. The molecular weight excluding hydrogens is 294 g/mol. The number of carbonyl (C=O) groups is 1. The molecule has 0 fully saturated rings. The molecule has 3 rings (SSSR count). The second kappa shape index (κ2) is 5.84. The van der Waals surface area contributed by atoms with Crippen molar-refractivity contribution >= 4 is 28.6 Å². The minimum atomic E-state index is -0.573. The maximum Gasteiger partial charge on any atom is 0.249 e. The fourth-order valence-electron chi connectivity index (χ4n) is 2.39.